The summed E-state index contributed by atoms with van der Waals surface area (Å²) in [6, 6.07) is 0. The van der Waals surface area contributed by atoms with E-state index in [0.717, 1.165) is 30.1 Å². The van der Waals surface area contributed by atoms with Crippen LogP contribution >= 0.6 is 11.3 Å². The number of amides is 1. The van der Waals surface area contributed by atoms with Crippen LogP contribution in [-0.4, -0.2) is 10.5 Å². The number of hydrogen-bond donors (Lipinski definition) is 0. The Balaban J connectivity index is 2.31. The van der Waals surface area contributed by atoms with Crippen LogP contribution in [0.25, 0.3) is 0 Å². The zero-order valence-electron chi connectivity index (χ0n) is 12.4. The van der Waals surface area contributed by atoms with E-state index in [-0.39, 0.29) is 11.8 Å². The van der Waals surface area contributed by atoms with Gasteiger partial charge < -0.3 is 4.57 Å². The van der Waals surface area contributed by atoms with E-state index in [1.807, 2.05) is 0 Å². The van der Waals surface area contributed by atoms with Crippen LogP contribution in [0.3, 0.4) is 0 Å². The Labute approximate surface area is 119 Å². The molecule has 1 heterocycles. The Hall–Kier alpha value is -0.900. The predicted molar refractivity (Wildman–Crippen MR) is 79.1 cm³/mol. The van der Waals surface area contributed by atoms with E-state index in [1.165, 1.54) is 23.4 Å². The molecule has 1 fully saturated rings. The standard InChI is InChI=1S/C15H24N2OS/c1-5-13(6-2)14(18)16-15-17(9-12-7-8-12)10(3)11(4)19-15/h12-13H,5-9H2,1-4H3. The second-order valence-electron chi connectivity index (χ2n) is 5.54. The molecule has 0 N–H and O–H groups in total. The third-order valence-electron chi connectivity index (χ3n) is 4.07. The van der Waals surface area contributed by atoms with Gasteiger partial charge in [-0.2, -0.15) is 4.99 Å². The minimum atomic E-state index is 0.0517. The zero-order chi connectivity index (χ0) is 14.0. The lowest BCUT2D eigenvalue weighted by Gasteiger charge is -2.07. The molecule has 1 saturated carbocycles. The van der Waals surface area contributed by atoms with Gasteiger partial charge in [0.1, 0.15) is 0 Å². The van der Waals surface area contributed by atoms with Gasteiger partial charge in [-0.3, -0.25) is 4.79 Å². The summed E-state index contributed by atoms with van der Waals surface area (Å²) in [5, 5.41) is 0. The third-order valence-corrected chi connectivity index (χ3v) is 5.16. The van der Waals surface area contributed by atoms with Gasteiger partial charge in [0.25, 0.3) is 5.91 Å². The van der Waals surface area contributed by atoms with Crippen molar-refractivity contribution in [3.8, 4) is 0 Å². The number of nitrogens with zero attached hydrogens (tertiary/aromatic N) is 2. The Morgan fingerprint density at radius 3 is 2.53 bits per heavy atom. The van der Waals surface area contributed by atoms with Gasteiger partial charge >= 0.3 is 0 Å². The van der Waals surface area contributed by atoms with Crippen LogP contribution in [0, 0.1) is 25.7 Å². The van der Waals surface area contributed by atoms with Crippen molar-refractivity contribution in [2.75, 3.05) is 0 Å². The van der Waals surface area contributed by atoms with Gasteiger partial charge in [-0.15, -0.1) is 11.3 Å². The summed E-state index contributed by atoms with van der Waals surface area (Å²) in [4.78, 5) is 18.8. The maximum absolute atomic E-state index is 12.2. The van der Waals surface area contributed by atoms with Gasteiger partial charge in [0.15, 0.2) is 4.80 Å². The van der Waals surface area contributed by atoms with Crippen molar-refractivity contribution < 1.29 is 4.79 Å². The average Bonchev–Trinajstić information content (AvgIpc) is 3.15. The molecule has 19 heavy (non-hydrogen) atoms. The summed E-state index contributed by atoms with van der Waals surface area (Å²) in [5.41, 5.74) is 1.27. The summed E-state index contributed by atoms with van der Waals surface area (Å²) in [6.07, 6.45) is 4.40. The first-order valence-corrected chi connectivity index (χ1v) is 8.13. The molecule has 0 bridgehead atoms. The van der Waals surface area contributed by atoms with E-state index in [1.54, 1.807) is 11.3 Å². The molecule has 0 aromatic carbocycles. The Morgan fingerprint density at radius 1 is 1.37 bits per heavy atom. The molecule has 1 aliphatic rings. The molecule has 1 aliphatic carbocycles. The number of aryl methyl sites for hydroxylation is 1. The molecule has 0 atom stereocenters. The topological polar surface area (TPSA) is 34.4 Å². The van der Waals surface area contributed by atoms with Crippen molar-refractivity contribution in [1.29, 1.82) is 0 Å². The second-order valence-corrected chi connectivity index (χ2v) is 6.73. The highest BCUT2D eigenvalue weighted by Crippen LogP contribution is 2.31. The van der Waals surface area contributed by atoms with E-state index < -0.39 is 0 Å². The lowest BCUT2D eigenvalue weighted by molar-refractivity contribution is -0.122. The van der Waals surface area contributed by atoms with E-state index in [9.17, 15) is 4.79 Å². The molecule has 4 heteroatoms. The second kappa shape index (κ2) is 6.04. The van der Waals surface area contributed by atoms with E-state index in [2.05, 4.69) is 37.3 Å². The maximum Gasteiger partial charge on any atom is 0.251 e. The van der Waals surface area contributed by atoms with Gasteiger partial charge in [0, 0.05) is 23.0 Å². The monoisotopic (exact) mass is 280 g/mol. The number of aromatic nitrogens is 1. The van der Waals surface area contributed by atoms with E-state index in [4.69, 9.17) is 0 Å². The number of hydrogen-bond acceptors (Lipinski definition) is 2. The Morgan fingerprint density at radius 2 is 2.00 bits per heavy atom. The highest BCUT2D eigenvalue weighted by molar-refractivity contribution is 7.09. The number of rotatable bonds is 5. The lowest BCUT2D eigenvalue weighted by Crippen LogP contribution is -2.21. The Bertz CT molecular complexity index is 519. The fourth-order valence-corrected chi connectivity index (χ4v) is 3.27. The molecule has 3 nitrogen and oxygen atoms in total. The van der Waals surface area contributed by atoms with Gasteiger partial charge in [0.2, 0.25) is 0 Å². The Kier molecular flexibility index (Phi) is 4.61. The molecule has 1 amide bonds. The normalized spacial score (nSPS) is 16.4. The third kappa shape index (κ3) is 3.35. The molecular formula is C15H24N2OS. The minimum absolute atomic E-state index is 0.0517. The van der Waals surface area contributed by atoms with Crippen molar-refractivity contribution in [1.82, 2.24) is 4.57 Å². The van der Waals surface area contributed by atoms with Crippen LogP contribution in [0.1, 0.15) is 50.1 Å². The SMILES string of the molecule is CCC(CC)C(=O)N=c1sc(C)c(C)n1CC1CC1. The first-order valence-electron chi connectivity index (χ1n) is 7.32. The summed E-state index contributed by atoms with van der Waals surface area (Å²) in [6.45, 7) is 9.40. The quantitative estimate of drug-likeness (QED) is 0.813. The number of thiazole rings is 1. The summed E-state index contributed by atoms with van der Waals surface area (Å²) in [7, 11) is 0. The summed E-state index contributed by atoms with van der Waals surface area (Å²) < 4.78 is 2.25. The number of carbonyl (C=O) groups excluding carboxylic acids is 1. The molecule has 0 spiro atoms. The minimum Gasteiger partial charge on any atom is -0.320 e. The van der Waals surface area contributed by atoms with Crippen LogP contribution in [0.4, 0.5) is 0 Å². The largest absolute Gasteiger partial charge is 0.320 e. The van der Waals surface area contributed by atoms with Crippen LogP contribution in [-0.2, 0) is 11.3 Å². The van der Waals surface area contributed by atoms with Crippen molar-refractivity contribution in [2.45, 2.75) is 59.9 Å². The lowest BCUT2D eigenvalue weighted by atomic mass is 10.0. The molecule has 0 radical (unpaired) electrons. The zero-order valence-corrected chi connectivity index (χ0v) is 13.2. The van der Waals surface area contributed by atoms with Crippen molar-refractivity contribution in [3.05, 3.63) is 15.4 Å². The molecule has 0 unspecified atom stereocenters. The molecule has 1 aromatic heterocycles. The molecular weight excluding hydrogens is 256 g/mol. The first-order chi connectivity index (χ1) is 9.06. The van der Waals surface area contributed by atoms with Crippen LogP contribution in [0.15, 0.2) is 4.99 Å². The molecule has 106 valence electrons. The summed E-state index contributed by atoms with van der Waals surface area (Å²) in [5.74, 6) is 0.933. The smallest absolute Gasteiger partial charge is 0.251 e. The van der Waals surface area contributed by atoms with Gasteiger partial charge in [-0.25, -0.2) is 0 Å². The van der Waals surface area contributed by atoms with Crippen LogP contribution in [0.5, 0.6) is 0 Å². The number of carbonyl (C=O) groups is 1. The molecule has 2 rings (SSSR count). The highest BCUT2D eigenvalue weighted by atomic mass is 32.1. The first kappa shape index (κ1) is 14.5. The van der Waals surface area contributed by atoms with Crippen molar-refractivity contribution >= 4 is 17.2 Å². The summed E-state index contributed by atoms with van der Waals surface area (Å²) >= 11 is 1.65. The van der Waals surface area contributed by atoms with Gasteiger partial charge in [0.05, 0.1) is 0 Å². The average molecular weight is 280 g/mol. The predicted octanol–water partition coefficient (Wildman–Crippen LogP) is 3.44. The van der Waals surface area contributed by atoms with Gasteiger partial charge in [-0.05, 0) is 45.4 Å². The maximum atomic E-state index is 12.2. The van der Waals surface area contributed by atoms with Crippen molar-refractivity contribution in [3.63, 3.8) is 0 Å². The molecule has 0 aliphatic heterocycles. The van der Waals surface area contributed by atoms with Gasteiger partial charge in [-0.1, -0.05) is 13.8 Å². The van der Waals surface area contributed by atoms with Crippen LogP contribution < -0.4 is 4.80 Å². The van der Waals surface area contributed by atoms with Crippen molar-refractivity contribution in [2.24, 2.45) is 16.8 Å². The van der Waals surface area contributed by atoms with Crippen LogP contribution in [0.2, 0.25) is 0 Å². The highest BCUT2D eigenvalue weighted by Gasteiger charge is 2.23. The fourth-order valence-electron chi connectivity index (χ4n) is 2.28. The molecule has 0 saturated heterocycles. The van der Waals surface area contributed by atoms with E-state index in [0.29, 0.717) is 0 Å². The van der Waals surface area contributed by atoms with E-state index >= 15 is 0 Å². The molecule has 1 aromatic rings. The fraction of sp³-hybridized carbons (Fsp3) is 0.733.